The number of amides is 1. The first-order valence-electron chi connectivity index (χ1n) is 11.5. The molecule has 1 aliphatic carbocycles. The van der Waals surface area contributed by atoms with Gasteiger partial charge in [-0.2, -0.15) is 13.2 Å². The first-order valence-corrected chi connectivity index (χ1v) is 11.5. The summed E-state index contributed by atoms with van der Waals surface area (Å²) in [5.41, 5.74) is 0.410. The number of nitrogens with one attached hydrogen (secondary N) is 2. The molecule has 2 atom stereocenters. The summed E-state index contributed by atoms with van der Waals surface area (Å²) in [5, 5.41) is 5.25. The molecular formula is C23H24F4N4O4. The van der Waals surface area contributed by atoms with E-state index in [0.29, 0.717) is 11.1 Å². The lowest BCUT2D eigenvalue weighted by molar-refractivity contribution is -0.174. The van der Waals surface area contributed by atoms with E-state index in [0.717, 1.165) is 18.9 Å². The molecule has 35 heavy (non-hydrogen) atoms. The number of rotatable bonds is 4. The minimum Gasteiger partial charge on any atom is -0.462 e. The van der Waals surface area contributed by atoms with E-state index in [4.69, 9.17) is 4.74 Å². The number of alkyl halides is 3. The molecule has 3 aliphatic rings. The Hall–Kier alpha value is -3.15. The zero-order valence-electron chi connectivity index (χ0n) is 18.9. The zero-order chi connectivity index (χ0) is 25.1. The average Bonchev–Trinajstić information content (AvgIpc) is 3.59. The molecular weight excluding hydrogens is 472 g/mol. The molecule has 1 saturated carbocycles. The summed E-state index contributed by atoms with van der Waals surface area (Å²) in [6.07, 6.45) is -1.67. The largest absolute Gasteiger partial charge is 0.471 e. The number of ether oxygens (including phenoxy) is 1. The fourth-order valence-electron chi connectivity index (χ4n) is 5.18. The minimum atomic E-state index is -5.01. The van der Waals surface area contributed by atoms with Crippen molar-refractivity contribution in [2.24, 2.45) is 0 Å². The van der Waals surface area contributed by atoms with E-state index in [1.807, 2.05) is 9.88 Å². The van der Waals surface area contributed by atoms with Crippen molar-refractivity contribution >= 4 is 28.5 Å². The Morgan fingerprint density at radius 1 is 1.26 bits per heavy atom. The monoisotopic (exact) mass is 496 g/mol. The molecule has 2 aliphatic heterocycles. The summed E-state index contributed by atoms with van der Waals surface area (Å²) < 4.78 is 60.9. The van der Waals surface area contributed by atoms with Crippen LogP contribution in [0, 0.1) is 5.82 Å². The van der Waals surface area contributed by atoms with Gasteiger partial charge in [0.15, 0.2) is 0 Å². The molecule has 0 unspecified atom stereocenters. The highest BCUT2D eigenvalue weighted by Gasteiger charge is 2.45. The maximum atomic E-state index is 15.6. The number of hydrogen-bond donors (Lipinski definition) is 2. The van der Waals surface area contributed by atoms with Crippen molar-refractivity contribution in [3.8, 4) is 0 Å². The maximum absolute atomic E-state index is 15.6. The molecule has 12 heteroatoms. The molecule has 2 N–H and O–H groups in total. The first kappa shape index (κ1) is 23.6. The van der Waals surface area contributed by atoms with Crippen molar-refractivity contribution in [1.29, 1.82) is 0 Å². The summed E-state index contributed by atoms with van der Waals surface area (Å²) in [6.45, 7) is 2.33. The van der Waals surface area contributed by atoms with E-state index in [-0.39, 0.29) is 55.3 Å². The lowest BCUT2D eigenvalue weighted by atomic mass is 10.0. The SMILES string of the molecule is CCOC(=O)c1cn(C2CC2)c2c3c(c(F)cc2c1=O)N1CC[C@@H](NC(=O)C(F)(F)F)[C@H]1CNC3. The number of halogens is 4. The minimum absolute atomic E-state index is 0.0392. The smallest absolute Gasteiger partial charge is 0.462 e. The topological polar surface area (TPSA) is 92.7 Å². The van der Waals surface area contributed by atoms with Gasteiger partial charge in [0.25, 0.3) is 0 Å². The van der Waals surface area contributed by atoms with Gasteiger partial charge in [-0.1, -0.05) is 0 Å². The molecule has 1 amide bonds. The number of benzene rings is 1. The highest BCUT2D eigenvalue weighted by atomic mass is 19.4. The second kappa shape index (κ2) is 8.51. The maximum Gasteiger partial charge on any atom is 0.471 e. The van der Waals surface area contributed by atoms with E-state index in [2.05, 4.69) is 5.32 Å². The van der Waals surface area contributed by atoms with Crippen LogP contribution >= 0.6 is 0 Å². The molecule has 2 aromatic rings. The van der Waals surface area contributed by atoms with E-state index >= 15 is 4.39 Å². The third-order valence-electron chi connectivity index (χ3n) is 6.84. The Kier molecular flexibility index (Phi) is 5.73. The van der Waals surface area contributed by atoms with Crippen LogP contribution in [-0.4, -0.2) is 54.4 Å². The van der Waals surface area contributed by atoms with Gasteiger partial charge in [0.05, 0.1) is 29.9 Å². The number of anilines is 1. The predicted molar refractivity (Wildman–Crippen MR) is 118 cm³/mol. The highest BCUT2D eigenvalue weighted by molar-refractivity contribution is 5.96. The van der Waals surface area contributed by atoms with E-state index in [1.54, 1.807) is 11.8 Å². The number of fused-ring (bicyclic) bond motifs is 5. The molecule has 0 bridgehead atoms. The van der Waals surface area contributed by atoms with Crippen LogP contribution in [0.3, 0.4) is 0 Å². The van der Waals surface area contributed by atoms with Crippen molar-refractivity contribution in [2.75, 3.05) is 24.6 Å². The lowest BCUT2D eigenvalue weighted by Gasteiger charge is -2.30. The van der Waals surface area contributed by atoms with Crippen molar-refractivity contribution < 1.29 is 31.9 Å². The number of carbonyl (C=O) groups excluding carboxylic acids is 2. The molecule has 8 nitrogen and oxygen atoms in total. The lowest BCUT2D eigenvalue weighted by Crippen LogP contribution is -2.51. The quantitative estimate of drug-likeness (QED) is 0.499. The van der Waals surface area contributed by atoms with Crippen LogP contribution in [-0.2, 0) is 16.1 Å². The number of hydrogen-bond acceptors (Lipinski definition) is 6. The van der Waals surface area contributed by atoms with Gasteiger partial charge in [-0.15, -0.1) is 0 Å². The summed E-state index contributed by atoms with van der Waals surface area (Å²) in [6, 6.07) is -0.288. The first-order chi connectivity index (χ1) is 16.6. The molecule has 1 aromatic heterocycles. The Balaban J connectivity index is 1.63. The number of carbonyl (C=O) groups is 2. The van der Waals surface area contributed by atoms with Gasteiger partial charge < -0.3 is 24.8 Å². The Morgan fingerprint density at radius 3 is 2.66 bits per heavy atom. The number of nitrogens with zero attached hydrogens (tertiary/aromatic N) is 2. The molecule has 0 radical (unpaired) electrons. The van der Waals surface area contributed by atoms with Crippen molar-refractivity contribution in [1.82, 2.24) is 15.2 Å². The van der Waals surface area contributed by atoms with Crippen LogP contribution in [0.5, 0.6) is 0 Å². The Labute approximate surface area is 197 Å². The highest BCUT2D eigenvalue weighted by Crippen LogP contribution is 2.42. The molecule has 2 fully saturated rings. The third kappa shape index (κ3) is 4.03. The molecule has 0 spiro atoms. The van der Waals surface area contributed by atoms with Crippen molar-refractivity contribution in [2.45, 2.75) is 57.0 Å². The number of pyridine rings is 1. The standard InChI is InChI=1S/C23H24F4N4O4/c1-2-35-21(33)14-10-31(11-3-4-11)18-12(20(14)32)7-15(24)19-13(18)8-28-9-17-16(5-6-30(17)19)29-22(34)23(25,26)27/h7,10-11,16-17,28H,2-6,8-9H2,1H3,(H,29,34)/t16-,17-/m1/s1. The average molecular weight is 496 g/mol. The molecule has 1 aromatic carbocycles. The van der Waals surface area contributed by atoms with E-state index in [1.165, 1.54) is 6.20 Å². The van der Waals surface area contributed by atoms with Crippen LogP contribution in [0.4, 0.5) is 23.2 Å². The van der Waals surface area contributed by atoms with Gasteiger partial charge >= 0.3 is 18.1 Å². The summed E-state index contributed by atoms with van der Waals surface area (Å²) in [5.74, 6) is -3.50. The van der Waals surface area contributed by atoms with Crippen LogP contribution in [0.2, 0.25) is 0 Å². The Morgan fingerprint density at radius 2 is 2.00 bits per heavy atom. The van der Waals surface area contributed by atoms with Crippen LogP contribution in [0.15, 0.2) is 17.1 Å². The van der Waals surface area contributed by atoms with Gasteiger partial charge in [-0.25, -0.2) is 9.18 Å². The van der Waals surface area contributed by atoms with Crippen LogP contribution in [0.1, 0.15) is 48.1 Å². The van der Waals surface area contributed by atoms with Gasteiger partial charge in [0.1, 0.15) is 11.4 Å². The second-order valence-electron chi connectivity index (χ2n) is 9.07. The van der Waals surface area contributed by atoms with Crippen LogP contribution < -0.4 is 21.0 Å². The fraction of sp³-hybridized carbons (Fsp3) is 0.522. The summed E-state index contributed by atoms with van der Waals surface area (Å²) in [4.78, 5) is 38.8. The number of aromatic nitrogens is 1. The predicted octanol–water partition coefficient (Wildman–Crippen LogP) is 2.38. The molecule has 5 rings (SSSR count). The summed E-state index contributed by atoms with van der Waals surface area (Å²) in [7, 11) is 0. The molecule has 1 saturated heterocycles. The van der Waals surface area contributed by atoms with E-state index < -0.39 is 41.4 Å². The van der Waals surface area contributed by atoms with Crippen LogP contribution in [0.25, 0.3) is 10.9 Å². The third-order valence-corrected chi connectivity index (χ3v) is 6.84. The van der Waals surface area contributed by atoms with Gasteiger partial charge in [0, 0.05) is 42.8 Å². The van der Waals surface area contributed by atoms with Gasteiger partial charge in [0.2, 0.25) is 5.43 Å². The van der Waals surface area contributed by atoms with Crippen molar-refractivity contribution in [3.05, 3.63) is 39.4 Å². The molecule has 3 heterocycles. The van der Waals surface area contributed by atoms with Crippen molar-refractivity contribution in [3.63, 3.8) is 0 Å². The molecule has 188 valence electrons. The summed E-state index contributed by atoms with van der Waals surface area (Å²) >= 11 is 0. The normalized spacial score (nSPS) is 21.9. The van der Waals surface area contributed by atoms with Gasteiger partial charge in [-0.05, 0) is 32.3 Å². The fourth-order valence-corrected chi connectivity index (χ4v) is 5.18. The number of esters is 1. The Bertz CT molecular complexity index is 1270. The zero-order valence-corrected chi connectivity index (χ0v) is 18.9. The van der Waals surface area contributed by atoms with Gasteiger partial charge in [-0.3, -0.25) is 9.59 Å². The second-order valence-corrected chi connectivity index (χ2v) is 9.07. The van der Waals surface area contributed by atoms with E-state index in [9.17, 15) is 27.6 Å².